The SMILES string of the molecule is Cc1ccc(CCNC(=O)CS)cc1. The number of hydrogen-bond acceptors (Lipinski definition) is 2. The Kier molecular flexibility index (Phi) is 4.53. The highest BCUT2D eigenvalue weighted by molar-refractivity contribution is 7.81. The highest BCUT2D eigenvalue weighted by atomic mass is 32.1. The first-order valence-electron chi connectivity index (χ1n) is 4.65. The van der Waals surface area contributed by atoms with Gasteiger partial charge in [-0.1, -0.05) is 29.8 Å². The van der Waals surface area contributed by atoms with Gasteiger partial charge in [0, 0.05) is 6.54 Å². The Morgan fingerprint density at radius 3 is 2.57 bits per heavy atom. The van der Waals surface area contributed by atoms with Crippen molar-refractivity contribution in [2.24, 2.45) is 0 Å². The maximum atomic E-state index is 10.9. The lowest BCUT2D eigenvalue weighted by Gasteiger charge is -2.03. The fourth-order valence-corrected chi connectivity index (χ4v) is 1.27. The molecule has 76 valence electrons. The first-order chi connectivity index (χ1) is 6.72. The maximum Gasteiger partial charge on any atom is 0.229 e. The number of hydrogen-bond donors (Lipinski definition) is 2. The highest BCUT2D eigenvalue weighted by Crippen LogP contribution is 2.02. The van der Waals surface area contributed by atoms with E-state index in [9.17, 15) is 4.79 Å². The lowest BCUT2D eigenvalue weighted by molar-refractivity contribution is -0.118. The number of rotatable bonds is 4. The smallest absolute Gasteiger partial charge is 0.229 e. The molecule has 3 heteroatoms. The summed E-state index contributed by atoms with van der Waals surface area (Å²) < 4.78 is 0. The van der Waals surface area contributed by atoms with Crippen molar-refractivity contribution in [3.63, 3.8) is 0 Å². The summed E-state index contributed by atoms with van der Waals surface area (Å²) in [4.78, 5) is 10.9. The zero-order valence-corrected chi connectivity index (χ0v) is 9.18. The molecule has 0 saturated heterocycles. The molecule has 0 aliphatic heterocycles. The van der Waals surface area contributed by atoms with Crippen LogP contribution in [0.25, 0.3) is 0 Å². The van der Waals surface area contributed by atoms with Crippen LogP contribution in [0.4, 0.5) is 0 Å². The van der Waals surface area contributed by atoms with Crippen molar-refractivity contribution in [2.75, 3.05) is 12.3 Å². The first kappa shape index (κ1) is 11.1. The second kappa shape index (κ2) is 5.70. The summed E-state index contributed by atoms with van der Waals surface area (Å²) in [6.45, 7) is 2.74. The van der Waals surface area contributed by atoms with Gasteiger partial charge in [0.1, 0.15) is 0 Å². The fraction of sp³-hybridized carbons (Fsp3) is 0.364. The standard InChI is InChI=1S/C11H15NOS/c1-9-2-4-10(5-3-9)6-7-12-11(13)8-14/h2-5,14H,6-8H2,1H3,(H,12,13). The van der Waals surface area contributed by atoms with Crippen molar-refractivity contribution >= 4 is 18.5 Å². The molecule has 1 aromatic rings. The molecule has 0 aliphatic carbocycles. The minimum Gasteiger partial charge on any atom is -0.355 e. The molecule has 1 aromatic carbocycles. The van der Waals surface area contributed by atoms with Gasteiger partial charge in [0.15, 0.2) is 0 Å². The Morgan fingerprint density at radius 1 is 1.36 bits per heavy atom. The van der Waals surface area contributed by atoms with Gasteiger partial charge in [-0.05, 0) is 18.9 Å². The lowest BCUT2D eigenvalue weighted by Crippen LogP contribution is -2.26. The topological polar surface area (TPSA) is 29.1 Å². The van der Waals surface area contributed by atoms with Gasteiger partial charge in [-0.3, -0.25) is 4.79 Å². The van der Waals surface area contributed by atoms with Crippen molar-refractivity contribution in [2.45, 2.75) is 13.3 Å². The van der Waals surface area contributed by atoms with Crippen LogP contribution < -0.4 is 5.32 Å². The Bertz CT molecular complexity index is 295. The Morgan fingerprint density at radius 2 is 2.00 bits per heavy atom. The van der Waals surface area contributed by atoms with Crippen LogP contribution >= 0.6 is 12.6 Å². The molecule has 0 heterocycles. The van der Waals surface area contributed by atoms with Gasteiger partial charge < -0.3 is 5.32 Å². The summed E-state index contributed by atoms with van der Waals surface area (Å²) in [5, 5.41) is 2.78. The average Bonchev–Trinajstić information content (AvgIpc) is 2.21. The Labute approximate surface area is 90.1 Å². The zero-order chi connectivity index (χ0) is 10.4. The van der Waals surface area contributed by atoms with E-state index in [-0.39, 0.29) is 11.7 Å². The summed E-state index contributed by atoms with van der Waals surface area (Å²) in [5.41, 5.74) is 2.50. The van der Waals surface area contributed by atoms with Crippen LogP contribution in [0.3, 0.4) is 0 Å². The molecule has 1 amide bonds. The minimum atomic E-state index is -0.0135. The minimum absolute atomic E-state index is 0.0135. The van der Waals surface area contributed by atoms with Gasteiger partial charge in [-0.25, -0.2) is 0 Å². The quantitative estimate of drug-likeness (QED) is 0.724. The van der Waals surface area contributed by atoms with E-state index in [0.717, 1.165) is 6.42 Å². The molecular weight excluding hydrogens is 194 g/mol. The van der Waals surface area contributed by atoms with E-state index in [4.69, 9.17) is 0 Å². The molecule has 1 rings (SSSR count). The number of carbonyl (C=O) groups excluding carboxylic acids is 1. The molecule has 0 atom stereocenters. The number of thiol groups is 1. The summed E-state index contributed by atoms with van der Waals surface area (Å²) in [7, 11) is 0. The van der Waals surface area contributed by atoms with Crippen molar-refractivity contribution in [1.29, 1.82) is 0 Å². The van der Waals surface area contributed by atoms with E-state index >= 15 is 0 Å². The third kappa shape index (κ3) is 3.83. The van der Waals surface area contributed by atoms with Crippen LogP contribution in [-0.2, 0) is 11.2 Å². The Hall–Kier alpha value is -0.960. The molecule has 0 radical (unpaired) electrons. The summed E-state index contributed by atoms with van der Waals surface area (Å²) in [6.07, 6.45) is 0.875. The van der Waals surface area contributed by atoms with Crippen LogP contribution in [0.1, 0.15) is 11.1 Å². The summed E-state index contributed by atoms with van der Waals surface area (Å²) in [5.74, 6) is 0.244. The van der Waals surface area contributed by atoms with Gasteiger partial charge in [0.05, 0.1) is 5.75 Å². The molecule has 2 nitrogen and oxygen atoms in total. The van der Waals surface area contributed by atoms with Crippen LogP contribution in [0.15, 0.2) is 24.3 Å². The molecule has 14 heavy (non-hydrogen) atoms. The normalized spacial score (nSPS) is 9.86. The molecule has 0 unspecified atom stereocenters. The molecule has 0 bridgehead atoms. The van der Waals surface area contributed by atoms with E-state index in [2.05, 4.69) is 49.1 Å². The fourth-order valence-electron chi connectivity index (χ4n) is 1.16. The first-order valence-corrected chi connectivity index (χ1v) is 5.28. The van der Waals surface area contributed by atoms with Gasteiger partial charge >= 0.3 is 0 Å². The van der Waals surface area contributed by atoms with E-state index in [1.807, 2.05) is 0 Å². The largest absolute Gasteiger partial charge is 0.355 e. The second-order valence-electron chi connectivity index (χ2n) is 3.24. The number of aryl methyl sites for hydroxylation is 1. The summed E-state index contributed by atoms with van der Waals surface area (Å²) >= 11 is 3.88. The molecule has 0 saturated carbocycles. The summed E-state index contributed by atoms with van der Waals surface area (Å²) in [6, 6.07) is 8.33. The van der Waals surface area contributed by atoms with Crippen LogP contribution in [0, 0.1) is 6.92 Å². The molecule has 0 fully saturated rings. The highest BCUT2D eigenvalue weighted by Gasteiger charge is 1.96. The molecule has 1 N–H and O–H groups in total. The maximum absolute atomic E-state index is 10.9. The van der Waals surface area contributed by atoms with Gasteiger partial charge in [-0.15, -0.1) is 0 Å². The average molecular weight is 209 g/mol. The van der Waals surface area contributed by atoms with E-state index in [0.29, 0.717) is 6.54 Å². The number of nitrogens with one attached hydrogen (secondary N) is 1. The molecule has 0 spiro atoms. The van der Waals surface area contributed by atoms with Crippen LogP contribution in [0.5, 0.6) is 0 Å². The molecular formula is C11H15NOS. The molecule has 0 aliphatic rings. The second-order valence-corrected chi connectivity index (χ2v) is 3.56. The van der Waals surface area contributed by atoms with E-state index in [1.54, 1.807) is 0 Å². The number of amides is 1. The van der Waals surface area contributed by atoms with Gasteiger partial charge in [-0.2, -0.15) is 12.6 Å². The zero-order valence-electron chi connectivity index (χ0n) is 8.29. The van der Waals surface area contributed by atoms with E-state index in [1.165, 1.54) is 11.1 Å². The third-order valence-electron chi connectivity index (χ3n) is 2.00. The third-order valence-corrected chi connectivity index (χ3v) is 2.29. The van der Waals surface area contributed by atoms with Crippen molar-refractivity contribution in [3.05, 3.63) is 35.4 Å². The monoisotopic (exact) mass is 209 g/mol. The van der Waals surface area contributed by atoms with Gasteiger partial charge in [0.2, 0.25) is 5.91 Å². The number of benzene rings is 1. The van der Waals surface area contributed by atoms with Crippen LogP contribution in [-0.4, -0.2) is 18.2 Å². The number of carbonyl (C=O) groups is 1. The predicted molar refractivity (Wildman–Crippen MR) is 61.7 cm³/mol. The Balaban J connectivity index is 2.31. The lowest BCUT2D eigenvalue weighted by atomic mass is 10.1. The van der Waals surface area contributed by atoms with Crippen LogP contribution in [0.2, 0.25) is 0 Å². The van der Waals surface area contributed by atoms with Gasteiger partial charge in [0.25, 0.3) is 0 Å². The predicted octanol–water partition coefficient (Wildman–Crippen LogP) is 1.58. The van der Waals surface area contributed by atoms with E-state index < -0.39 is 0 Å². The van der Waals surface area contributed by atoms with Crippen molar-refractivity contribution in [3.8, 4) is 0 Å². The van der Waals surface area contributed by atoms with Crippen molar-refractivity contribution in [1.82, 2.24) is 5.32 Å². The van der Waals surface area contributed by atoms with Crippen molar-refractivity contribution < 1.29 is 4.79 Å². The molecule has 0 aromatic heterocycles.